The zero-order valence-corrected chi connectivity index (χ0v) is 18.3. The number of hydrogen-bond acceptors (Lipinski definition) is 5. The largest absolute Gasteiger partial charge is 0.478 e. The van der Waals surface area contributed by atoms with Gasteiger partial charge >= 0.3 is 5.97 Å². The first-order chi connectivity index (χ1) is 16.1. The van der Waals surface area contributed by atoms with Crippen LogP contribution < -0.4 is 10.2 Å². The van der Waals surface area contributed by atoms with E-state index in [1.54, 1.807) is 18.2 Å². The maximum absolute atomic E-state index is 11.5. The van der Waals surface area contributed by atoms with Gasteiger partial charge in [-0.15, -0.1) is 0 Å². The molecule has 1 unspecified atom stereocenters. The monoisotopic (exact) mass is 457 g/mol. The molecule has 3 heterocycles. The van der Waals surface area contributed by atoms with Gasteiger partial charge in [-0.3, -0.25) is 0 Å². The minimum absolute atomic E-state index is 0.197. The first kappa shape index (κ1) is 19.9. The average molecular weight is 458 g/mol. The number of carboxylic acids is 1. The van der Waals surface area contributed by atoms with Crippen LogP contribution in [-0.2, 0) is 6.42 Å². The molecular formula is C26H20ClN3O3. The van der Waals surface area contributed by atoms with Gasteiger partial charge in [-0.25, -0.2) is 9.79 Å². The molecule has 1 aromatic heterocycles. The van der Waals surface area contributed by atoms with Crippen LogP contribution in [0.1, 0.15) is 34.1 Å². The van der Waals surface area contributed by atoms with E-state index in [0.29, 0.717) is 10.7 Å². The van der Waals surface area contributed by atoms with Crippen LogP contribution in [0.3, 0.4) is 0 Å². The van der Waals surface area contributed by atoms with Gasteiger partial charge in [0.25, 0.3) is 0 Å². The fourth-order valence-corrected chi connectivity index (χ4v) is 4.80. The van der Waals surface area contributed by atoms with Gasteiger partial charge in [0.1, 0.15) is 23.2 Å². The highest BCUT2D eigenvalue weighted by molar-refractivity contribution is 6.31. The zero-order valence-electron chi connectivity index (χ0n) is 17.6. The molecule has 0 aliphatic carbocycles. The van der Waals surface area contributed by atoms with Gasteiger partial charge in [0.2, 0.25) is 0 Å². The Labute approximate surface area is 195 Å². The SMILES string of the molecule is O=C(O)c1ccc2c(c1)N=C(N1CCCc3ccc(Cl)cc31)C(c1cc3ccccc3o1)N2. The Morgan fingerprint density at radius 3 is 2.85 bits per heavy atom. The summed E-state index contributed by atoms with van der Waals surface area (Å²) < 4.78 is 6.23. The second kappa shape index (κ2) is 7.67. The first-order valence-corrected chi connectivity index (χ1v) is 11.2. The molecule has 6 rings (SSSR count). The summed E-state index contributed by atoms with van der Waals surface area (Å²) >= 11 is 6.36. The maximum atomic E-state index is 11.5. The van der Waals surface area contributed by atoms with E-state index in [9.17, 15) is 9.90 Å². The van der Waals surface area contributed by atoms with Gasteiger partial charge in [0, 0.05) is 22.6 Å². The molecule has 0 bridgehead atoms. The van der Waals surface area contributed by atoms with E-state index in [1.807, 2.05) is 42.5 Å². The highest BCUT2D eigenvalue weighted by atomic mass is 35.5. The number of benzene rings is 3. The van der Waals surface area contributed by atoms with Crippen LogP contribution in [0, 0.1) is 0 Å². The summed E-state index contributed by atoms with van der Waals surface area (Å²) in [5.74, 6) is 0.522. The van der Waals surface area contributed by atoms with Crippen molar-refractivity contribution in [3.05, 3.63) is 88.6 Å². The summed E-state index contributed by atoms with van der Waals surface area (Å²) in [6.07, 6.45) is 1.95. The van der Waals surface area contributed by atoms with Crippen molar-refractivity contribution in [2.24, 2.45) is 4.99 Å². The van der Waals surface area contributed by atoms with Gasteiger partial charge in [-0.2, -0.15) is 0 Å². The van der Waals surface area contributed by atoms with E-state index in [-0.39, 0.29) is 11.6 Å². The van der Waals surface area contributed by atoms with Crippen molar-refractivity contribution in [1.82, 2.24) is 0 Å². The van der Waals surface area contributed by atoms with Crippen LogP contribution >= 0.6 is 11.6 Å². The number of amidine groups is 1. The number of furan rings is 1. The van der Waals surface area contributed by atoms with E-state index in [4.69, 9.17) is 21.0 Å². The number of aliphatic imine (C=N–C) groups is 1. The van der Waals surface area contributed by atoms with Gasteiger partial charge in [0.15, 0.2) is 0 Å². The minimum Gasteiger partial charge on any atom is -0.478 e. The number of carbonyl (C=O) groups is 1. The normalized spacial score (nSPS) is 17.2. The van der Waals surface area contributed by atoms with Gasteiger partial charge < -0.3 is 19.7 Å². The van der Waals surface area contributed by atoms with Crippen molar-refractivity contribution in [3.63, 3.8) is 0 Å². The predicted octanol–water partition coefficient (Wildman–Crippen LogP) is 6.43. The van der Waals surface area contributed by atoms with Crippen molar-refractivity contribution >= 4 is 51.4 Å². The fraction of sp³-hybridized carbons (Fsp3) is 0.154. The number of aryl methyl sites for hydroxylation is 1. The van der Waals surface area contributed by atoms with Crippen LogP contribution in [0.4, 0.5) is 17.1 Å². The number of para-hydroxylation sites is 1. The molecular weight excluding hydrogens is 438 g/mol. The van der Waals surface area contributed by atoms with Gasteiger partial charge in [-0.05, 0) is 60.9 Å². The maximum Gasteiger partial charge on any atom is 0.335 e. The van der Waals surface area contributed by atoms with Crippen LogP contribution in [0.15, 0.2) is 76.1 Å². The molecule has 2 N–H and O–H groups in total. The Kier molecular flexibility index (Phi) is 4.62. The standard InChI is InChI=1S/C26H20ClN3O3/c27-18-9-7-15-5-3-11-30(21(15)14-18)25-24(23-13-16-4-1-2-6-22(16)33-23)28-19-10-8-17(26(31)32)12-20(19)29-25/h1-2,4,6-10,12-14,24,28H,3,5,11H2,(H,31,32). The Bertz CT molecular complexity index is 1410. The van der Waals surface area contributed by atoms with Crippen LogP contribution in [-0.4, -0.2) is 23.5 Å². The third-order valence-electron chi connectivity index (χ3n) is 6.21. The van der Waals surface area contributed by atoms with Crippen LogP contribution in [0.25, 0.3) is 11.0 Å². The van der Waals surface area contributed by atoms with Gasteiger partial charge in [0.05, 0.1) is 16.9 Å². The summed E-state index contributed by atoms with van der Waals surface area (Å²) in [6, 6.07) is 20.5. The predicted molar refractivity (Wildman–Crippen MR) is 130 cm³/mol. The molecule has 33 heavy (non-hydrogen) atoms. The second-order valence-electron chi connectivity index (χ2n) is 8.30. The third kappa shape index (κ3) is 3.43. The number of hydrogen-bond donors (Lipinski definition) is 2. The Hall–Kier alpha value is -3.77. The lowest BCUT2D eigenvalue weighted by molar-refractivity contribution is 0.0697. The molecule has 7 heteroatoms. The van der Waals surface area contributed by atoms with E-state index in [2.05, 4.69) is 16.3 Å². The van der Waals surface area contributed by atoms with Crippen molar-refractivity contribution in [2.75, 3.05) is 16.8 Å². The molecule has 0 fully saturated rings. The minimum atomic E-state index is -0.982. The van der Waals surface area contributed by atoms with Gasteiger partial charge in [-0.1, -0.05) is 35.9 Å². The third-order valence-corrected chi connectivity index (χ3v) is 6.44. The van der Waals surface area contributed by atoms with E-state index < -0.39 is 5.97 Å². The number of nitrogens with one attached hydrogen (secondary N) is 1. The summed E-state index contributed by atoms with van der Waals surface area (Å²) in [7, 11) is 0. The van der Waals surface area contributed by atoms with Crippen molar-refractivity contribution in [2.45, 2.75) is 18.9 Å². The molecule has 1 atom stereocenters. The molecule has 0 amide bonds. The number of aromatic carboxylic acids is 1. The lowest BCUT2D eigenvalue weighted by atomic mass is 9.99. The van der Waals surface area contributed by atoms with Crippen molar-refractivity contribution in [3.8, 4) is 0 Å². The molecule has 6 nitrogen and oxygen atoms in total. The summed E-state index contributed by atoms with van der Waals surface area (Å²) in [5, 5.41) is 14.7. The highest BCUT2D eigenvalue weighted by Crippen LogP contribution is 2.41. The molecule has 3 aromatic carbocycles. The van der Waals surface area contributed by atoms with E-state index >= 15 is 0 Å². The molecule has 0 saturated heterocycles. The quantitative estimate of drug-likeness (QED) is 0.362. The zero-order chi connectivity index (χ0) is 22.5. The molecule has 0 saturated carbocycles. The lowest BCUT2D eigenvalue weighted by Gasteiger charge is -2.37. The Morgan fingerprint density at radius 2 is 2.00 bits per heavy atom. The topological polar surface area (TPSA) is 78.1 Å². The second-order valence-corrected chi connectivity index (χ2v) is 8.74. The summed E-state index contributed by atoms with van der Waals surface area (Å²) in [4.78, 5) is 18.7. The number of nitrogens with zero attached hydrogens (tertiary/aromatic N) is 2. The highest BCUT2D eigenvalue weighted by Gasteiger charge is 2.34. The summed E-state index contributed by atoms with van der Waals surface area (Å²) in [5.41, 5.74) is 4.59. The van der Waals surface area contributed by atoms with Crippen molar-refractivity contribution in [1.29, 1.82) is 0 Å². The number of anilines is 2. The molecule has 0 radical (unpaired) electrons. The van der Waals surface area contributed by atoms with Crippen LogP contribution in [0.5, 0.6) is 0 Å². The smallest absolute Gasteiger partial charge is 0.335 e. The molecule has 4 aromatic rings. The fourth-order valence-electron chi connectivity index (χ4n) is 4.63. The molecule has 0 spiro atoms. The van der Waals surface area contributed by atoms with E-state index in [0.717, 1.165) is 53.3 Å². The number of carboxylic acid groups (broad SMARTS) is 1. The number of fused-ring (bicyclic) bond motifs is 3. The Morgan fingerprint density at radius 1 is 1.12 bits per heavy atom. The average Bonchev–Trinajstić information content (AvgIpc) is 3.26. The van der Waals surface area contributed by atoms with Crippen molar-refractivity contribution < 1.29 is 14.3 Å². The van der Waals surface area contributed by atoms with Crippen LogP contribution in [0.2, 0.25) is 5.02 Å². The molecule has 164 valence electrons. The number of rotatable bonds is 2. The first-order valence-electron chi connectivity index (χ1n) is 10.8. The molecule has 2 aliphatic heterocycles. The summed E-state index contributed by atoms with van der Waals surface area (Å²) in [6.45, 7) is 0.776. The number of halogens is 1. The Balaban J connectivity index is 1.53. The lowest BCUT2D eigenvalue weighted by Crippen LogP contribution is -2.42. The molecule has 2 aliphatic rings. The van der Waals surface area contributed by atoms with E-state index in [1.165, 1.54) is 5.56 Å².